The van der Waals surface area contributed by atoms with Crippen LogP contribution in [0.2, 0.25) is 0 Å². The Bertz CT molecular complexity index is 69.5. The summed E-state index contributed by atoms with van der Waals surface area (Å²) < 4.78 is 0. The summed E-state index contributed by atoms with van der Waals surface area (Å²) in [5, 5.41) is 7.60. The van der Waals surface area contributed by atoms with Gasteiger partial charge in [0, 0.05) is 27.8 Å². The van der Waals surface area contributed by atoms with Crippen LogP contribution in [0.5, 0.6) is 0 Å². The van der Waals surface area contributed by atoms with Gasteiger partial charge in [0.1, 0.15) is 0 Å². The van der Waals surface area contributed by atoms with E-state index >= 15 is 0 Å². The van der Waals surface area contributed by atoms with Gasteiger partial charge >= 0.3 is 5.97 Å². The molecular formula is C3H8Cl4O2Ti. The molecule has 0 saturated heterocycles. The Morgan fingerprint density at radius 1 is 1.20 bits per heavy atom. The van der Waals surface area contributed by atoms with Crippen molar-refractivity contribution in [1.82, 2.24) is 0 Å². The normalized spacial score (nSPS) is 3.20. The summed E-state index contributed by atoms with van der Waals surface area (Å²) in [4.78, 5) is 9.25. The number of hydrogen-bond donors (Lipinski definition) is 1. The molecule has 0 aromatic carbocycles. The third-order valence-corrected chi connectivity index (χ3v) is 0.175. The second-order valence-electron chi connectivity index (χ2n) is 0.542. The zero-order valence-electron chi connectivity index (χ0n) is 4.77. The first-order chi connectivity index (χ1) is 2.27. The van der Waals surface area contributed by atoms with Gasteiger partial charge in [0.25, 0.3) is 0 Å². The first kappa shape index (κ1) is 43.6. The summed E-state index contributed by atoms with van der Waals surface area (Å²) in [5.74, 6) is -0.981. The van der Waals surface area contributed by atoms with Crippen molar-refractivity contribution < 1.29 is 31.6 Å². The molecule has 0 unspecified atom stereocenters. The van der Waals surface area contributed by atoms with Crippen molar-refractivity contribution in [3.05, 3.63) is 12.7 Å². The molecular weight excluding hydrogens is 258 g/mol. The van der Waals surface area contributed by atoms with Gasteiger partial charge in [0.2, 0.25) is 0 Å². The largest absolute Gasteiger partial charge is 0.478 e. The predicted molar refractivity (Wildman–Crippen MR) is 46.8 cm³/mol. The summed E-state index contributed by atoms with van der Waals surface area (Å²) >= 11 is 0. The molecule has 0 aliphatic carbocycles. The second-order valence-corrected chi connectivity index (χ2v) is 0.542. The van der Waals surface area contributed by atoms with Gasteiger partial charge in [0.05, 0.1) is 0 Å². The fourth-order valence-corrected chi connectivity index (χ4v) is 0. The minimum atomic E-state index is -0.981. The van der Waals surface area contributed by atoms with Crippen LogP contribution in [-0.4, -0.2) is 11.1 Å². The average Bonchev–Trinajstić information content (AvgIpc) is 1.38. The van der Waals surface area contributed by atoms with Crippen molar-refractivity contribution in [2.45, 2.75) is 0 Å². The van der Waals surface area contributed by atoms with Crippen LogP contribution in [-0.2, 0) is 26.5 Å². The van der Waals surface area contributed by atoms with Crippen molar-refractivity contribution in [3.63, 3.8) is 0 Å². The Morgan fingerprint density at radius 3 is 1.30 bits per heavy atom. The van der Waals surface area contributed by atoms with Crippen LogP contribution in [0, 0.1) is 0 Å². The van der Waals surface area contributed by atoms with Gasteiger partial charge in [-0.1, -0.05) is 6.58 Å². The summed E-state index contributed by atoms with van der Waals surface area (Å²) in [6.07, 6.45) is 0.833. The van der Waals surface area contributed by atoms with Gasteiger partial charge < -0.3 is 5.11 Å². The van der Waals surface area contributed by atoms with Gasteiger partial charge in [-0.15, -0.1) is 49.6 Å². The van der Waals surface area contributed by atoms with E-state index in [4.69, 9.17) is 5.11 Å². The molecule has 0 saturated carbocycles. The van der Waals surface area contributed by atoms with Crippen LogP contribution in [0.25, 0.3) is 0 Å². The van der Waals surface area contributed by atoms with Crippen LogP contribution >= 0.6 is 49.6 Å². The molecule has 0 aromatic rings. The number of carbonyl (C=O) groups is 1. The third-order valence-electron chi connectivity index (χ3n) is 0.175. The van der Waals surface area contributed by atoms with E-state index in [-0.39, 0.29) is 71.3 Å². The smallest absolute Gasteiger partial charge is 0.327 e. The van der Waals surface area contributed by atoms with E-state index in [2.05, 4.69) is 6.58 Å². The third kappa shape index (κ3) is 62.4. The van der Waals surface area contributed by atoms with Crippen LogP contribution in [0.4, 0.5) is 0 Å². The van der Waals surface area contributed by atoms with Crippen LogP contribution in [0.1, 0.15) is 0 Å². The maximum atomic E-state index is 9.25. The molecule has 1 N–H and O–H groups in total. The first-order valence-electron chi connectivity index (χ1n) is 1.12. The van der Waals surface area contributed by atoms with Gasteiger partial charge in [-0.3, -0.25) is 0 Å². The molecule has 0 fully saturated rings. The minimum absolute atomic E-state index is 0. The van der Waals surface area contributed by atoms with Crippen molar-refractivity contribution in [3.8, 4) is 0 Å². The molecule has 0 aromatic heterocycles. The summed E-state index contributed by atoms with van der Waals surface area (Å²) in [6.45, 7) is 2.96. The Hall–Kier alpha value is 1.08. The molecule has 0 aliphatic rings. The van der Waals surface area contributed by atoms with Crippen LogP contribution in [0.15, 0.2) is 12.7 Å². The number of halogens is 4. The molecule has 64 valence electrons. The fraction of sp³-hybridized carbons (Fsp3) is 0. The van der Waals surface area contributed by atoms with Gasteiger partial charge in [-0.05, 0) is 0 Å². The molecule has 0 atom stereocenters. The molecule has 2 nitrogen and oxygen atoms in total. The molecule has 0 rings (SSSR count). The SMILES string of the molecule is C=CC(=O)O.Cl.Cl.Cl.Cl.[Ti]. The second kappa shape index (κ2) is 32.2. The number of carboxylic acid groups (broad SMARTS) is 1. The van der Waals surface area contributed by atoms with E-state index in [1.807, 2.05) is 0 Å². The zero-order valence-corrected chi connectivity index (χ0v) is 9.60. The molecule has 0 bridgehead atoms. The Kier molecular flexibility index (Phi) is 140. The summed E-state index contributed by atoms with van der Waals surface area (Å²) in [7, 11) is 0. The maximum absolute atomic E-state index is 9.25. The number of carboxylic acids is 1. The number of rotatable bonds is 1. The summed E-state index contributed by atoms with van der Waals surface area (Å²) in [6, 6.07) is 0. The average molecular weight is 266 g/mol. The first-order valence-corrected chi connectivity index (χ1v) is 1.12. The van der Waals surface area contributed by atoms with E-state index in [9.17, 15) is 4.79 Å². The van der Waals surface area contributed by atoms with Crippen molar-refractivity contribution in [2.75, 3.05) is 0 Å². The van der Waals surface area contributed by atoms with E-state index in [0.29, 0.717) is 0 Å². The Balaban J connectivity index is -0.00000000800. The van der Waals surface area contributed by atoms with Crippen molar-refractivity contribution in [1.29, 1.82) is 0 Å². The predicted octanol–water partition coefficient (Wildman–Crippen LogP) is 1.94. The van der Waals surface area contributed by atoms with Gasteiger partial charge in [-0.25, -0.2) is 4.79 Å². The molecule has 0 heterocycles. The molecule has 7 heteroatoms. The van der Waals surface area contributed by atoms with Crippen molar-refractivity contribution in [2.24, 2.45) is 0 Å². The number of hydrogen-bond acceptors (Lipinski definition) is 1. The maximum Gasteiger partial charge on any atom is 0.327 e. The topological polar surface area (TPSA) is 37.3 Å². The fourth-order valence-electron chi connectivity index (χ4n) is 0. The van der Waals surface area contributed by atoms with E-state index < -0.39 is 5.97 Å². The van der Waals surface area contributed by atoms with E-state index in [1.165, 1.54) is 0 Å². The molecule has 0 amide bonds. The zero-order chi connectivity index (χ0) is 4.28. The summed E-state index contributed by atoms with van der Waals surface area (Å²) in [5.41, 5.74) is 0. The molecule has 0 radical (unpaired) electrons. The molecule has 0 spiro atoms. The molecule has 10 heavy (non-hydrogen) atoms. The Morgan fingerprint density at radius 2 is 1.30 bits per heavy atom. The van der Waals surface area contributed by atoms with Gasteiger partial charge in [-0.2, -0.15) is 0 Å². The quantitative estimate of drug-likeness (QED) is 0.581. The van der Waals surface area contributed by atoms with Crippen molar-refractivity contribution >= 4 is 55.6 Å². The van der Waals surface area contributed by atoms with Gasteiger partial charge in [0.15, 0.2) is 0 Å². The Labute approximate surface area is 99.4 Å². The monoisotopic (exact) mass is 264 g/mol. The standard InChI is InChI=1S/C3H4O2.4ClH.Ti/c1-2-3(4)5;;;;;/h2H,1H2,(H,4,5);4*1H;. The molecule has 0 aliphatic heterocycles. The van der Waals surface area contributed by atoms with Crippen LogP contribution in [0.3, 0.4) is 0 Å². The number of aliphatic carboxylic acids is 1. The minimum Gasteiger partial charge on any atom is -0.478 e. The van der Waals surface area contributed by atoms with E-state index in [1.54, 1.807) is 0 Å². The van der Waals surface area contributed by atoms with Crippen LogP contribution < -0.4 is 0 Å². The van der Waals surface area contributed by atoms with E-state index in [0.717, 1.165) is 6.08 Å².